The summed E-state index contributed by atoms with van der Waals surface area (Å²) in [5.41, 5.74) is 2.93. The highest BCUT2D eigenvalue weighted by molar-refractivity contribution is 6.31. The van der Waals surface area contributed by atoms with Crippen LogP contribution in [0, 0.1) is 17.3 Å². The van der Waals surface area contributed by atoms with E-state index in [1.165, 1.54) is 6.07 Å². The average Bonchev–Trinajstić information content (AvgIpc) is 2.92. The van der Waals surface area contributed by atoms with E-state index in [2.05, 4.69) is 10.3 Å². The van der Waals surface area contributed by atoms with Crippen molar-refractivity contribution in [3.8, 4) is 6.19 Å². The van der Waals surface area contributed by atoms with Gasteiger partial charge in [-0.3, -0.25) is 10.3 Å². The number of hydrogen-bond donors (Lipinski definition) is 1. The van der Waals surface area contributed by atoms with Gasteiger partial charge in [0.25, 0.3) is 0 Å². The lowest BCUT2D eigenvalue weighted by atomic mass is 10.1. The van der Waals surface area contributed by atoms with Crippen molar-refractivity contribution in [2.45, 2.75) is 25.3 Å². The van der Waals surface area contributed by atoms with Crippen LogP contribution in [0.15, 0.2) is 47.5 Å². The van der Waals surface area contributed by atoms with Crippen LogP contribution in [0.3, 0.4) is 0 Å². The number of nitriles is 1. The molecule has 0 heterocycles. The van der Waals surface area contributed by atoms with Crippen molar-refractivity contribution >= 4 is 17.4 Å². The lowest BCUT2D eigenvalue weighted by molar-refractivity contribution is 0.625. The van der Waals surface area contributed by atoms with E-state index in [9.17, 15) is 4.39 Å². The second kappa shape index (κ2) is 6.80. The normalized spacial score (nSPS) is 16.7. The van der Waals surface area contributed by atoms with Crippen LogP contribution in [0.2, 0.25) is 5.02 Å². The lowest BCUT2D eigenvalue weighted by Crippen LogP contribution is -2.21. The molecule has 0 bridgehead atoms. The van der Waals surface area contributed by atoms with Crippen molar-refractivity contribution < 1.29 is 4.39 Å². The van der Waals surface area contributed by atoms with Crippen LogP contribution in [0.4, 0.5) is 4.39 Å². The van der Waals surface area contributed by atoms with Crippen molar-refractivity contribution in [2.75, 3.05) is 0 Å². The molecule has 3 rings (SSSR count). The zero-order valence-corrected chi connectivity index (χ0v) is 13.1. The molecule has 0 saturated heterocycles. The molecule has 0 aromatic heterocycles. The van der Waals surface area contributed by atoms with Crippen molar-refractivity contribution in [3.63, 3.8) is 0 Å². The van der Waals surface area contributed by atoms with Crippen LogP contribution in [-0.4, -0.2) is 5.84 Å². The van der Waals surface area contributed by atoms with Gasteiger partial charge in [-0.1, -0.05) is 35.9 Å². The molecule has 1 aliphatic rings. The molecule has 0 fully saturated rings. The molecule has 1 aliphatic carbocycles. The Morgan fingerprint density at radius 1 is 1.35 bits per heavy atom. The summed E-state index contributed by atoms with van der Waals surface area (Å²) in [5, 5.41) is 12.3. The average molecular weight is 328 g/mol. The van der Waals surface area contributed by atoms with Gasteiger partial charge in [-0.25, -0.2) is 4.39 Å². The fraction of sp³-hybridized carbons (Fsp3) is 0.222. The lowest BCUT2D eigenvalue weighted by Gasteiger charge is -2.11. The summed E-state index contributed by atoms with van der Waals surface area (Å²) in [6.45, 7) is 0. The third-order valence-corrected chi connectivity index (χ3v) is 4.35. The SMILES string of the molecule is N#CNC(Cc1ccccc1Cl)=NC1CCc2cc(F)ccc21. The van der Waals surface area contributed by atoms with Gasteiger partial charge in [0.1, 0.15) is 11.7 Å². The predicted molar refractivity (Wildman–Crippen MR) is 88.8 cm³/mol. The summed E-state index contributed by atoms with van der Waals surface area (Å²) < 4.78 is 13.3. The summed E-state index contributed by atoms with van der Waals surface area (Å²) in [6.07, 6.45) is 4.01. The second-order valence-electron chi connectivity index (χ2n) is 5.48. The van der Waals surface area contributed by atoms with E-state index in [-0.39, 0.29) is 11.9 Å². The number of fused-ring (bicyclic) bond motifs is 1. The molecule has 2 aromatic carbocycles. The van der Waals surface area contributed by atoms with E-state index in [4.69, 9.17) is 16.9 Å². The fourth-order valence-electron chi connectivity index (χ4n) is 2.89. The number of benzene rings is 2. The van der Waals surface area contributed by atoms with Gasteiger partial charge in [-0.15, -0.1) is 0 Å². The highest BCUT2D eigenvalue weighted by Crippen LogP contribution is 2.34. The van der Waals surface area contributed by atoms with Crippen molar-refractivity contribution in [1.29, 1.82) is 5.26 Å². The molecule has 3 nitrogen and oxygen atoms in total. The molecule has 0 saturated carbocycles. The molecule has 0 aliphatic heterocycles. The zero-order valence-electron chi connectivity index (χ0n) is 12.4. The molecule has 0 spiro atoms. The van der Waals surface area contributed by atoms with Gasteiger partial charge in [0, 0.05) is 11.4 Å². The molecule has 1 N–H and O–H groups in total. The molecule has 116 valence electrons. The molecule has 1 unspecified atom stereocenters. The largest absolute Gasteiger partial charge is 0.280 e. The van der Waals surface area contributed by atoms with Gasteiger partial charge < -0.3 is 0 Å². The molecular formula is C18H15ClFN3. The highest BCUT2D eigenvalue weighted by atomic mass is 35.5. The van der Waals surface area contributed by atoms with Crippen LogP contribution >= 0.6 is 11.6 Å². The van der Waals surface area contributed by atoms with E-state index in [0.29, 0.717) is 17.3 Å². The Labute approximate surface area is 139 Å². The summed E-state index contributed by atoms with van der Waals surface area (Å²) in [7, 11) is 0. The van der Waals surface area contributed by atoms with Gasteiger partial charge in [-0.2, -0.15) is 5.26 Å². The maximum atomic E-state index is 13.3. The number of aryl methyl sites for hydroxylation is 1. The number of nitrogens with one attached hydrogen (secondary N) is 1. The Hall–Kier alpha value is -2.38. The van der Waals surface area contributed by atoms with E-state index in [0.717, 1.165) is 29.5 Å². The number of aliphatic imine (C=N–C) groups is 1. The standard InChI is InChI=1S/C18H15ClFN3/c19-16-4-2-1-3-13(16)10-18(22-11-21)23-17-8-5-12-9-14(20)6-7-15(12)17/h1-4,6-7,9,17H,5,8,10H2,(H,22,23). The first kappa shape index (κ1) is 15.5. The van der Waals surface area contributed by atoms with Gasteiger partial charge >= 0.3 is 0 Å². The molecule has 2 aromatic rings. The minimum atomic E-state index is -0.222. The van der Waals surface area contributed by atoms with Crippen molar-refractivity contribution in [3.05, 3.63) is 70.0 Å². The number of hydrogen-bond acceptors (Lipinski definition) is 2. The van der Waals surface area contributed by atoms with E-state index in [1.54, 1.807) is 12.1 Å². The molecule has 0 amide bonds. The molecule has 23 heavy (non-hydrogen) atoms. The summed E-state index contributed by atoms with van der Waals surface area (Å²) >= 11 is 6.18. The van der Waals surface area contributed by atoms with E-state index in [1.807, 2.05) is 30.5 Å². The summed E-state index contributed by atoms with van der Waals surface area (Å²) in [4.78, 5) is 4.67. The maximum Gasteiger partial charge on any atom is 0.182 e. The quantitative estimate of drug-likeness (QED) is 0.398. The number of amidine groups is 1. The monoisotopic (exact) mass is 327 g/mol. The van der Waals surface area contributed by atoms with E-state index >= 15 is 0 Å². The van der Waals surface area contributed by atoms with Crippen molar-refractivity contribution in [2.24, 2.45) is 4.99 Å². The van der Waals surface area contributed by atoms with Crippen LogP contribution in [0.5, 0.6) is 0 Å². The highest BCUT2D eigenvalue weighted by Gasteiger charge is 2.23. The number of rotatable bonds is 3. The molecular weight excluding hydrogens is 313 g/mol. The maximum absolute atomic E-state index is 13.3. The number of nitrogens with zero attached hydrogens (tertiary/aromatic N) is 2. The minimum Gasteiger partial charge on any atom is -0.280 e. The van der Waals surface area contributed by atoms with Gasteiger partial charge in [0.2, 0.25) is 0 Å². The predicted octanol–water partition coefficient (Wildman–Crippen LogP) is 4.18. The third-order valence-electron chi connectivity index (χ3n) is 3.98. The van der Waals surface area contributed by atoms with Gasteiger partial charge in [-0.05, 0) is 47.7 Å². The van der Waals surface area contributed by atoms with E-state index < -0.39 is 0 Å². The van der Waals surface area contributed by atoms with Crippen molar-refractivity contribution in [1.82, 2.24) is 5.32 Å². The van der Waals surface area contributed by atoms with Crippen LogP contribution in [-0.2, 0) is 12.8 Å². The van der Waals surface area contributed by atoms with Gasteiger partial charge in [0.15, 0.2) is 6.19 Å². The third kappa shape index (κ3) is 3.52. The molecule has 1 atom stereocenters. The smallest absolute Gasteiger partial charge is 0.182 e. The minimum absolute atomic E-state index is 0.0519. The molecule has 0 radical (unpaired) electrons. The fourth-order valence-corrected chi connectivity index (χ4v) is 3.10. The Morgan fingerprint density at radius 2 is 2.17 bits per heavy atom. The van der Waals surface area contributed by atoms with Crippen LogP contribution in [0.25, 0.3) is 0 Å². The summed E-state index contributed by atoms with van der Waals surface area (Å²) in [6, 6.07) is 12.2. The van der Waals surface area contributed by atoms with Crippen LogP contribution < -0.4 is 5.32 Å². The first-order valence-electron chi connectivity index (χ1n) is 7.41. The first-order valence-corrected chi connectivity index (χ1v) is 7.78. The Balaban J connectivity index is 1.87. The van der Waals surface area contributed by atoms with Gasteiger partial charge in [0.05, 0.1) is 6.04 Å². The molecule has 5 heteroatoms. The van der Waals surface area contributed by atoms with Crippen LogP contribution in [0.1, 0.15) is 29.2 Å². The number of halogens is 2. The zero-order chi connectivity index (χ0) is 16.2. The second-order valence-corrected chi connectivity index (χ2v) is 5.89. The first-order chi connectivity index (χ1) is 11.2. The Morgan fingerprint density at radius 3 is 2.96 bits per heavy atom. The Bertz CT molecular complexity index is 795. The summed E-state index contributed by atoms with van der Waals surface area (Å²) in [5.74, 6) is 0.350. The topological polar surface area (TPSA) is 48.2 Å². The Kier molecular flexibility index (Phi) is 4.59.